The number of aromatic nitrogens is 2. The van der Waals surface area contributed by atoms with Crippen molar-refractivity contribution in [2.24, 2.45) is 11.3 Å². The van der Waals surface area contributed by atoms with E-state index in [4.69, 9.17) is 9.72 Å². The molecule has 0 aliphatic carbocycles. The van der Waals surface area contributed by atoms with E-state index in [0.717, 1.165) is 49.4 Å². The van der Waals surface area contributed by atoms with Crippen molar-refractivity contribution in [1.29, 1.82) is 0 Å². The molecule has 7 rings (SSSR count). The van der Waals surface area contributed by atoms with Gasteiger partial charge in [-0.15, -0.1) is 0 Å². The van der Waals surface area contributed by atoms with Crippen LogP contribution in [0, 0.1) is 11.3 Å². The highest BCUT2D eigenvalue weighted by Gasteiger charge is 2.47. The van der Waals surface area contributed by atoms with Crippen LogP contribution in [-0.2, 0) is 43.3 Å². The molecule has 14 heteroatoms. The Bertz CT molecular complexity index is 2350. The highest BCUT2D eigenvalue weighted by atomic mass is 19.1. The average Bonchev–Trinajstić information content (AvgIpc) is 3.82. The van der Waals surface area contributed by atoms with E-state index in [1.54, 1.807) is 26.0 Å². The molecule has 2 aromatic heterocycles. The third-order valence-electron chi connectivity index (χ3n) is 12.6. The molecule has 6 bridgehead atoms. The number of nitrogens with zero attached hydrogens (tertiary/aromatic N) is 4. The molecule has 62 heavy (non-hydrogen) atoms. The Labute approximate surface area is 363 Å². The van der Waals surface area contributed by atoms with Gasteiger partial charge in [0.25, 0.3) is 11.8 Å². The van der Waals surface area contributed by atoms with E-state index in [9.17, 15) is 24.3 Å². The molecule has 4 atom stereocenters. The van der Waals surface area contributed by atoms with Gasteiger partial charge in [0.05, 0.1) is 18.0 Å². The summed E-state index contributed by atoms with van der Waals surface area (Å²) in [7, 11) is 1.42. The number of aromatic hydroxyl groups is 1. The minimum atomic E-state index is -2.15. The number of alkyl halides is 1. The summed E-state index contributed by atoms with van der Waals surface area (Å²) in [5.41, 5.74) is 7.80. The van der Waals surface area contributed by atoms with E-state index in [2.05, 4.69) is 73.4 Å². The standard InChI is InChI=1S/C48H62FN7O6/c1-9-55-39-15-14-31-24-35(39)36(42(55)34-12-10-17-51-40(34)28(2)3)25-47(6,7)27-62-45(60)37-13-11-19-56(53-37)44(59)38(22-30-20-32(31)23-33(57)21-30)52-43(58)41(29(4)5)54(8)46(61)48(49)16-18-50-26-48/h10,12,14-15,17,20-21,23-24,28-29,37-38,41,50,53,57H,9,11,13,16,18-19,22,25-27H2,1-8H3,(H,52,58)/t37-,38-,41-,48+/m0/s1. The number of fused-ring (bicyclic) bond motifs is 6. The molecule has 2 saturated heterocycles. The van der Waals surface area contributed by atoms with E-state index in [0.29, 0.717) is 37.9 Å². The molecule has 2 aromatic carbocycles. The Balaban J connectivity index is 1.34. The minimum Gasteiger partial charge on any atom is -0.508 e. The Kier molecular flexibility index (Phi) is 12.8. The number of carbonyl (C=O) groups excluding carboxylic acids is 4. The molecule has 3 aliphatic rings. The summed E-state index contributed by atoms with van der Waals surface area (Å²) in [6, 6.07) is 12.4. The van der Waals surface area contributed by atoms with Gasteiger partial charge < -0.3 is 29.9 Å². The van der Waals surface area contributed by atoms with Crippen LogP contribution in [0.1, 0.15) is 90.5 Å². The lowest BCUT2D eigenvalue weighted by atomic mass is 9.83. The predicted molar refractivity (Wildman–Crippen MR) is 237 cm³/mol. The van der Waals surface area contributed by atoms with Crippen LogP contribution in [0.5, 0.6) is 5.75 Å². The van der Waals surface area contributed by atoms with Crippen LogP contribution in [0.3, 0.4) is 0 Å². The Morgan fingerprint density at radius 3 is 2.56 bits per heavy atom. The molecule has 13 nitrogen and oxygen atoms in total. The van der Waals surface area contributed by atoms with Crippen molar-refractivity contribution >= 4 is 34.6 Å². The summed E-state index contributed by atoms with van der Waals surface area (Å²) >= 11 is 0. The fraction of sp³-hybridized carbons (Fsp3) is 0.521. The molecule has 0 radical (unpaired) electrons. The monoisotopic (exact) mass is 851 g/mol. The van der Waals surface area contributed by atoms with Gasteiger partial charge in [-0.25, -0.2) is 9.82 Å². The number of phenols is 1. The number of hydrogen-bond acceptors (Lipinski definition) is 9. The van der Waals surface area contributed by atoms with Crippen LogP contribution in [0.25, 0.3) is 33.3 Å². The first-order chi connectivity index (χ1) is 29.4. The number of rotatable bonds is 8. The number of nitrogens with one attached hydrogen (secondary N) is 3. The van der Waals surface area contributed by atoms with E-state index in [1.165, 1.54) is 12.1 Å². The number of phenolic OH excluding ortho intramolecular Hbond substituents is 1. The Morgan fingerprint density at radius 2 is 1.87 bits per heavy atom. The number of hydrazine groups is 1. The van der Waals surface area contributed by atoms with Crippen molar-refractivity contribution in [3.05, 3.63) is 71.5 Å². The second-order valence-electron chi connectivity index (χ2n) is 18.8. The van der Waals surface area contributed by atoms with Crippen molar-refractivity contribution in [2.75, 3.05) is 33.3 Å². The number of benzene rings is 2. The van der Waals surface area contributed by atoms with Gasteiger partial charge in [0.15, 0.2) is 0 Å². The van der Waals surface area contributed by atoms with Crippen molar-refractivity contribution in [2.45, 2.75) is 117 Å². The van der Waals surface area contributed by atoms with Gasteiger partial charge in [0.1, 0.15) is 23.9 Å². The number of halogens is 1. The normalized spacial score (nSPS) is 22.4. The number of amides is 3. The maximum atomic E-state index is 15.7. The lowest BCUT2D eigenvalue weighted by Gasteiger charge is -2.37. The van der Waals surface area contributed by atoms with Crippen molar-refractivity contribution in [1.82, 2.24) is 35.5 Å². The fourth-order valence-corrected chi connectivity index (χ4v) is 9.56. The summed E-state index contributed by atoms with van der Waals surface area (Å²) in [6.45, 7) is 15.4. The zero-order chi connectivity index (χ0) is 44.7. The molecule has 4 N–H and O–H groups in total. The third kappa shape index (κ3) is 8.94. The summed E-state index contributed by atoms with van der Waals surface area (Å²) in [4.78, 5) is 62.3. The molecule has 0 spiro atoms. The SMILES string of the molecule is CCn1c(-c2cccnc2C(C)C)c2c3cc(ccc31)-c1cc(O)cc(c1)C[C@H](NC(=O)[C@H](C(C)C)N(C)C(=O)[C@@]1(F)CCNC1)C(=O)N1CCC[C@H](N1)C(=O)OCC(C)(C)C2. The van der Waals surface area contributed by atoms with E-state index >= 15 is 4.39 Å². The zero-order valence-corrected chi connectivity index (χ0v) is 37.3. The number of pyridine rings is 1. The number of aryl methyl sites for hydroxylation is 1. The molecule has 2 fully saturated rings. The van der Waals surface area contributed by atoms with Crippen LogP contribution in [0.2, 0.25) is 0 Å². The minimum absolute atomic E-state index is 0.00526. The van der Waals surface area contributed by atoms with Gasteiger partial charge >= 0.3 is 5.97 Å². The maximum Gasteiger partial charge on any atom is 0.324 e. The molecule has 0 unspecified atom stereocenters. The van der Waals surface area contributed by atoms with Crippen LogP contribution < -0.4 is 16.1 Å². The van der Waals surface area contributed by atoms with E-state index < -0.39 is 58.8 Å². The van der Waals surface area contributed by atoms with Crippen LogP contribution in [0.4, 0.5) is 4.39 Å². The first-order valence-electron chi connectivity index (χ1n) is 22.1. The molecular formula is C48H62FN7O6. The molecule has 332 valence electrons. The summed E-state index contributed by atoms with van der Waals surface area (Å²) in [5, 5.41) is 19.5. The van der Waals surface area contributed by atoms with Gasteiger partial charge in [-0.3, -0.25) is 29.2 Å². The molecule has 5 heterocycles. The number of likely N-dealkylation sites (N-methyl/N-ethyl adjacent to an activating group) is 1. The second-order valence-corrected chi connectivity index (χ2v) is 18.8. The summed E-state index contributed by atoms with van der Waals surface area (Å²) < 4.78 is 24.1. The van der Waals surface area contributed by atoms with Gasteiger partial charge in [-0.2, -0.15) is 0 Å². The first kappa shape index (κ1) is 44.7. The molecular weight excluding hydrogens is 790 g/mol. The number of ether oxygens (including phenoxy) is 1. The number of hydrogen-bond donors (Lipinski definition) is 4. The van der Waals surface area contributed by atoms with Crippen molar-refractivity contribution < 1.29 is 33.4 Å². The Morgan fingerprint density at radius 1 is 1.10 bits per heavy atom. The topological polar surface area (TPSA) is 158 Å². The van der Waals surface area contributed by atoms with Gasteiger partial charge in [-0.05, 0) is 103 Å². The third-order valence-corrected chi connectivity index (χ3v) is 12.6. The fourth-order valence-electron chi connectivity index (χ4n) is 9.56. The van der Waals surface area contributed by atoms with E-state index in [-0.39, 0.29) is 44.2 Å². The van der Waals surface area contributed by atoms with Crippen LogP contribution >= 0.6 is 0 Å². The molecule has 4 aromatic rings. The van der Waals surface area contributed by atoms with Gasteiger partial charge in [-0.1, -0.05) is 53.7 Å². The number of esters is 1. The summed E-state index contributed by atoms with van der Waals surface area (Å²) in [6.07, 6.45) is 3.31. The first-order valence-corrected chi connectivity index (χ1v) is 22.1. The highest BCUT2D eigenvalue weighted by Crippen LogP contribution is 2.42. The zero-order valence-electron chi connectivity index (χ0n) is 37.3. The largest absolute Gasteiger partial charge is 0.508 e. The van der Waals surface area contributed by atoms with Crippen LogP contribution in [0.15, 0.2) is 54.7 Å². The highest BCUT2D eigenvalue weighted by molar-refractivity contribution is 5.96. The summed E-state index contributed by atoms with van der Waals surface area (Å²) in [5.74, 6) is -2.69. The average molecular weight is 852 g/mol. The van der Waals surface area contributed by atoms with Crippen molar-refractivity contribution in [3.8, 4) is 28.1 Å². The van der Waals surface area contributed by atoms with Crippen LogP contribution in [-0.4, -0.2) is 105 Å². The smallest absolute Gasteiger partial charge is 0.324 e. The molecule has 3 amide bonds. The predicted octanol–water partition coefficient (Wildman–Crippen LogP) is 6.05. The Hall–Kier alpha value is -5.34. The lowest BCUT2D eigenvalue weighted by Crippen LogP contribution is -2.62. The quantitative estimate of drug-likeness (QED) is 0.155. The number of carbonyl (C=O) groups is 4. The second kappa shape index (κ2) is 17.8. The maximum absolute atomic E-state index is 15.7. The molecule has 0 saturated carbocycles. The molecule has 3 aliphatic heterocycles. The lowest BCUT2D eigenvalue weighted by molar-refractivity contribution is -0.155. The van der Waals surface area contributed by atoms with Crippen molar-refractivity contribution in [3.63, 3.8) is 0 Å². The van der Waals surface area contributed by atoms with Gasteiger partial charge in [0, 0.05) is 67.6 Å². The number of cyclic esters (lactones) is 1. The van der Waals surface area contributed by atoms with Gasteiger partial charge in [0.2, 0.25) is 11.6 Å². The van der Waals surface area contributed by atoms with E-state index in [1.807, 2.05) is 24.4 Å².